The molecule has 0 saturated carbocycles. The fourth-order valence-corrected chi connectivity index (χ4v) is 3.47. The summed E-state index contributed by atoms with van der Waals surface area (Å²) in [6.07, 6.45) is 3.87. The molecule has 170 valence electrons. The van der Waals surface area contributed by atoms with E-state index in [-0.39, 0.29) is 24.7 Å². The van der Waals surface area contributed by atoms with Crippen LogP contribution >= 0.6 is 0 Å². The van der Waals surface area contributed by atoms with Crippen LogP contribution in [-0.4, -0.2) is 25.8 Å². The molecule has 0 atom stereocenters. The van der Waals surface area contributed by atoms with Crippen LogP contribution < -0.4 is 5.32 Å². The molecule has 2 aromatic carbocycles. The van der Waals surface area contributed by atoms with Crippen molar-refractivity contribution in [1.82, 2.24) is 25.2 Å². The Hall–Kier alpha value is -4.53. The summed E-state index contributed by atoms with van der Waals surface area (Å²) >= 11 is 0. The predicted octanol–water partition coefficient (Wildman–Crippen LogP) is 4.57. The first-order valence-corrected chi connectivity index (χ1v) is 10.7. The molecule has 3 aromatic heterocycles. The number of nitrogens with zero attached hydrogens (tertiary/aromatic N) is 4. The number of hydrogen-bond donors (Lipinski definition) is 1. The highest BCUT2D eigenvalue weighted by Gasteiger charge is 2.15. The summed E-state index contributed by atoms with van der Waals surface area (Å²) in [5, 5.41) is 11.5. The fourth-order valence-electron chi connectivity index (χ4n) is 3.47. The number of aryl methyl sites for hydroxylation is 1. The van der Waals surface area contributed by atoms with Crippen LogP contribution in [0.2, 0.25) is 0 Å². The SMILES string of the molecule is O=C(CCc1nc(-c2ccco2)no1)NCc1cn(-c2ccccc2)nc1-c1ccc(F)cc1. The Morgan fingerprint density at radius 1 is 1.03 bits per heavy atom. The fraction of sp³-hybridized carbons (Fsp3) is 0.120. The van der Waals surface area contributed by atoms with Crippen molar-refractivity contribution in [3.05, 3.63) is 96.5 Å². The van der Waals surface area contributed by atoms with E-state index >= 15 is 0 Å². The van der Waals surface area contributed by atoms with E-state index in [1.54, 1.807) is 28.9 Å². The zero-order valence-electron chi connectivity index (χ0n) is 18.0. The molecule has 9 heteroatoms. The van der Waals surface area contributed by atoms with Crippen LogP contribution in [0.4, 0.5) is 4.39 Å². The zero-order chi connectivity index (χ0) is 23.3. The number of halogens is 1. The average Bonchev–Trinajstić information content (AvgIpc) is 3.63. The van der Waals surface area contributed by atoms with Crippen molar-refractivity contribution in [3.63, 3.8) is 0 Å². The van der Waals surface area contributed by atoms with Crippen LogP contribution in [0.25, 0.3) is 28.5 Å². The van der Waals surface area contributed by atoms with Gasteiger partial charge in [-0.1, -0.05) is 23.4 Å². The number of hydrogen-bond acceptors (Lipinski definition) is 6. The van der Waals surface area contributed by atoms with Crippen molar-refractivity contribution < 1.29 is 18.1 Å². The number of amides is 1. The summed E-state index contributed by atoms with van der Waals surface area (Å²) in [5.74, 6) is 0.707. The number of rotatable bonds is 8. The van der Waals surface area contributed by atoms with E-state index in [4.69, 9.17) is 8.94 Å². The summed E-state index contributed by atoms with van der Waals surface area (Å²) in [5.41, 5.74) is 3.12. The van der Waals surface area contributed by atoms with E-state index in [1.165, 1.54) is 18.4 Å². The van der Waals surface area contributed by atoms with Crippen molar-refractivity contribution in [3.8, 4) is 28.5 Å². The Morgan fingerprint density at radius 2 is 1.85 bits per heavy atom. The molecule has 0 bridgehead atoms. The summed E-state index contributed by atoms with van der Waals surface area (Å²) in [7, 11) is 0. The van der Waals surface area contributed by atoms with Crippen LogP contribution in [0.5, 0.6) is 0 Å². The van der Waals surface area contributed by atoms with Crippen molar-refractivity contribution in [2.75, 3.05) is 0 Å². The van der Waals surface area contributed by atoms with Gasteiger partial charge in [-0.05, 0) is 48.5 Å². The number of aromatic nitrogens is 4. The molecule has 0 unspecified atom stereocenters. The summed E-state index contributed by atoms with van der Waals surface area (Å²) in [6, 6.07) is 19.2. The lowest BCUT2D eigenvalue weighted by atomic mass is 10.1. The molecule has 0 saturated heterocycles. The molecule has 5 rings (SSSR count). The largest absolute Gasteiger partial charge is 0.461 e. The predicted molar refractivity (Wildman–Crippen MR) is 121 cm³/mol. The highest BCUT2D eigenvalue weighted by Crippen LogP contribution is 2.24. The highest BCUT2D eigenvalue weighted by molar-refractivity contribution is 5.76. The lowest BCUT2D eigenvalue weighted by Gasteiger charge is -2.05. The van der Waals surface area contributed by atoms with Gasteiger partial charge in [0.05, 0.1) is 17.6 Å². The number of benzene rings is 2. The van der Waals surface area contributed by atoms with Gasteiger partial charge in [0.25, 0.3) is 0 Å². The third kappa shape index (κ3) is 4.78. The molecular formula is C25H20FN5O3. The third-order valence-electron chi connectivity index (χ3n) is 5.18. The number of furan rings is 1. The molecule has 0 aliphatic carbocycles. The Morgan fingerprint density at radius 3 is 2.62 bits per heavy atom. The van der Waals surface area contributed by atoms with Gasteiger partial charge in [0, 0.05) is 36.7 Å². The van der Waals surface area contributed by atoms with Crippen molar-refractivity contribution in [2.24, 2.45) is 0 Å². The van der Waals surface area contributed by atoms with Gasteiger partial charge in [-0.15, -0.1) is 0 Å². The smallest absolute Gasteiger partial charge is 0.238 e. The van der Waals surface area contributed by atoms with E-state index in [0.29, 0.717) is 29.6 Å². The van der Waals surface area contributed by atoms with Crippen LogP contribution in [-0.2, 0) is 17.8 Å². The Bertz CT molecular complexity index is 1380. The third-order valence-corrected chi connectivity index (χ3v) is 5.18. The van der Waals surface area contributed by atoms with E-state index in [0.717, 1.165) is 16.8 Å². The molecular weight excluding hydrogens is 437 g/mol. The Labute approximate surface area is 194 Å². The molecule has 5 aromatic rings. The van der Waals surface area contributed by atoms with Gasteiger partial charge >= 0.3 is 0 Å². The van der Waals surface area contributed by atoms with Crippen LogP contribution in [0.3, 0.4) is 0 Å². The first kappa shape index (κ1) is 21.3. The molecule has 0 fully saturated rings. The summed E-state index contributed by atoms with van der Waals surface area (Å²) in [4.78, 5) is 16.7. The lowest BCUT2D eigenvalue weighted by Crippen LogP contribution is -2.23. The first-order chi connectivity index (χ1) is 16.7. The monoisotopic (exact) mass is 457 g/mol. The maximum absolute atomic E-state index is 13.4. The van der Waals surface area contributed by atoms with Gasteiger partial charge in [0.1, 0.15) is 5.82 Å². The molecule has 1 N–H and O–H groups in total. The number of para-hydroxylation sites is 1. The van der Waals surface area contributed by atoms with Gasteiger partial charge in [0.2, 0.25) is 17.6 Å². The second-order valence-corrected chi connectivity index (χ2v) is 7.56. The van der Waals surface area contributed by atoms with Gasteiger partial charge in [-0.2, -0.15) is 10.1 Å². The number of nitrogens with one attached hydrogen (secondary N) is 1. The minimum absolute atomic E-state index is 0.171. The molecule has 3 heterocycles. The topological polar surface area (TPSA) is 99.0 Å². The van der Waals surface area contributed by atoms with Gasteiger partial charge < -0.3 is 14.3 Å². The normalized spacial score (nSPS) is 11.0. The van der Waals surface area contributed by atoms with Crippen LogP contribution in [0, 0.1) is 5.82 Å². The second-order valence-electron chi connectivity index (χ2n) is 7.56. The summed E-state index contributed by atoms with van der Waals surface area (Å²) < 4.78 is 25.6. The molecule has 0 aliphatic rings. The molecule has 0 spiro atoms. The minimum Gasteiger partial charge on any atom is -0.461 e. The summed E-state index contributed by atoms with van der Waals surface area (Å²) in [6.45, 7) is 0.264. The number of carbonyl (C=O) groups excluding carboxylic acids is 1. The minimum atomic E-state index is -0.322. The molecule has 8 nitrogen and oxygen atoms in total. The second kappa shape index (κ2) is 9.53. The Balaban J connectivity index is 1.27. The first-order valence-electron chi connectivity index (χ1n) is 10.7. The standard InChI is InChI=1S/C25H20FN5O3/c26-19-10-8-17(9-11-19)24-18(16-31(29-24)20-5-2-1-3-6-20)15-27-22(32)12-13-23-28-25(30-34-23)21-7-4-14-33-21/h1-11,14,16H,12-13,15H2,(H,27,32). The Kier molecular flexibility index (Phi) is 5.98. The lowest BCUT2D eigenvalue weighted by molar-refractivity contribution is -0.121. The number of carbonyl (C=O) groups is 1. The van der Waals surface area contributed by atoms with E-state index in [1.807, 2.05) is 36.5 Å². The van der Waals surface area contributed by atoms with Crippen LogP contribution in [0.15, 0.2) is 88.1 Å². The zero-order valence-corrected chi connectivity index (χ0v) is 18.0. The van der Waals surface area contributed by atoms with Crippen molar-refractivity contribution in [2.45, 2.75) is 19.4 Å². The van der Waals surface area contributed by atoms with Crippen molar-refractivity contribution in [1.29, 1.82) is 0 Å². The van der Waals surface area contributed by atoms with Crippen LogP contribution in [0.1, 0.15) is 17.9 Å². The average molecular weight is 457 g/mol. The van der Waals surface area contributed by atoms with Gasteiger partial charge in [-0.25, -0.2) is 9.07 Å². The molecule has 0 aliphatic heterocycles. The highest BCUT2D eigenvalue weighted by atomic mass is 19.1. The maximum Gasteiger partial charge on any atom is 0.238 e. The quantitative estimate of drug-likeness (QED) is 0.366. The molecule has 0 radical (unpaired) electrons. The van der Waals surface area contributed by atoms with E-state index in [9.17, 15) is 9.18 Å². The van der Waals surface area contributed by atoms with Gasteiger partial charge in [0.15, 0.2) is 5.76 Å². The molecule has 34 heavy (non-hydrogen) atoms. The van der Waals surface area contributed by atoms with Crippen molar-refractivity contribution >= 4 is 5.91 Å². The van der Waals surface area contributed by atoms with E-state index < -0.39 is 0 Å². The maximum atomic E-state index is 13.4. The molecule has 1 amide bonds. The van der Waals surface area contributed by atoms with E-state index in [2.05, 4.69) is 20.6 Å². The van der Waals surface area contributed by atoms with Gasteiger partial charge in [-0.3, -0.25) is 4.79 Å².